The Bertz CT molecular complexity index is 1340. The van der Waals surface area contributed by atoms with Crippen LogP contribution in [-0.4, -0.2) is 71.6 Å². The van der Waals surface area contributed by atoms with E-state index in [-0.39, 0.29) is 23.9 Å². The summed E-state index contributed by atoms with van der Waals surface area (Å²) < 4.78 is 4.61. The van der Waals surface area contributed by atoms with E-state index in [0.29, 0.717) is 35.4 Å². The number of thiazole rings is 1. The molecule has 1 aliphatic heterocycles. The Kier molecular flexibility index (Phi) is 8.15. The van der Waals surface area contributed by atoms with Crippen molar-refractivity contribution < 1.29 is 19.1 Å². The number of methoxy groups -OCH3 is 1. The number of aromatic amines is 1. The number of halogens is 1. The number of aromatic nitrogens is 2. The average molecular weight is 559 g/mol. The summed E-state index contributed by atoms with van der Waals surface area (Å²) in [6.07, 6.45) is 3.89. The maximum Gasteiger partial charge on any atom is 0.406 e. The molecule has 5 rings (SSSR count). The number of hydrogen-bond donors (Lipinski definition) is 4. The summed E-state index contributed by atoms with van der Waals surface area (Å²) in [5.41, 5.74) is 2.28. The van der Waals surface area contributed by atoms with Crippen LogP contribution in [0.15, 0.2) is 24.3 Å². The van der Waals surface area contributed by atoms with E-state index in [0.717, 1.165) is 60.1 Å². The van der Waals surface area contributed by atoms with Gasteiger partial charge in [0.05, 0.1) is 12.8 Å². The molecule has 1 fully saturated rings. The highest BCUT2D eigenvalue weighted by Gasteiger charge is 2.30. The molecule has 0 bridgehead atoms. The molecule has 0 saturated heterocycles. The summed E-state index contributed by atoms with van der Waals surface area (Å²) in [4.78, 5) is 48.5. The summed E-state index contributed by atoms with van der Waals surface area (Å²) in [5, 5.41) is 10.9. The second-order valence-electron chi connectivity index (χ2n) is 9.69. The molecular weight excluding hydrogens is 528 g/mol. The Morgan fingerprint density at radius 1 is 1.16 bits per heavy atom. The fourth-order valence-electron chi connectivity index (χ4n) is 5.10. The fourth-order valence-corrected chi connectivity index (χ4v) is 6.34. The van der Waals surface area contributed by atoms with E-state index in [2.05, 4.69) is 35.6 Å². The van der Waals surface area contributed by atoms with Gasteiger partial charge in [0.1, 0.15) is 5.69 Å². The number of carbonyl (C=O) groups excluding carboxylic acids is 3. The topological polar surface area (TPSA) is 128 Å². The number of ether oxygens (including phenoxy) is 1. The molecular formula is C26H31ClN6O4S. The molecule has 0 radical (unpaired) electrons. The van der Waals surface area contributed by atoms with Crippen LogP contribution >= 0.6 is 22.9 Å². The maximum atomic E-state index is 13.2. The predicted molar refractivity (Wildman–Crippen MR) is 146 cm³/mol. The number of hydrogen-bond acceptors (Lipinski definition) is 7. The van der Waals surface area contributed by atoms with Crippen molar-refractivity contribution in [2.75, 3.05) is 26.7 Å². The third-order valence-electron chi connectivity index (χ3n) is 7.11. The molecule has 2 atom stereocenters. The molecule has 3 heterocycles. The lowest BCUT2D eigenvalue weighted by molar-refractivity contribution is 0.0860. The number of benzene rings is 1. The number of nitrogens with zero attached hydrogens (tertiary/aromatic N) is 2. The second-order valence-corrected chi connectivity index (χ2v) is 11.2. The Labute approximate surface area is 229 Å². The van der Waals surface area contributed by atoms with Gasteiger partial charge in [-0.15, -0.1) is 11.3 Å². The van der Waals surface area contributed by atoms with Crippen LogP contribution in [0.4, 0.5) is 4.79 Å². The quantitative estimate of drug-likeness (QED) is 0.351. The summed E-state index contributed by atoms with van der Waals surface area (Å²) in [7, 11) is 1.34. The van der Waals surface area contributed by atoms with Gasteiger partial charge in [0, 0.05) is 65.5 Å². The lowest BCUT2D eigenvalue weighted by atomic mass is 9.90. The van der Waals surface area contributed by atoms with E-state index in [9.17, 15) is 14.4 Å². The zero-order valence-corrected chi connectivity index (χ0v) is 22.7. The molecule has 2 aliphatic rings. The number of amides is 3. The van der Waals surface area contributed by atoms with E-state index in [1.807, 2.05) is 12.1 Å². The number of carbonyl (C=O) groups is 3. The molecule has 3 amide bonds. The van der Waals surface area contributed by atoms with Crippen LogP contribution in [0.5, 0.6) is 0 Å². The van der Waals surface area contributed by atoms with Gasteiger partial charge in [-0.1, -0.05) is 24.4 Å². The van der Waals surface area contributed by atoms with Gasteiger partial charge >= 0.3 is 6.09 Å². The molecule has 2 aromatic heterocycles. The highest BCUT2D eigenvalue weighted by molar-refractivity contribution is 7.13. The Morgan fingerprint density at radius 2 is 1.92 bits per heavy atom. The van der Waals surface area contributed by atoms with Gasteiger partial charge in [0.2, 0.25) is 0 Å². The monoisotopic (exact) mass is 558 g/mol. The molecule has 10 nitrogen and oxygen atoms in total. The third kappa shape index (κ3) is 6.11. The van der Waals surface area contributed by atoms with Crippen molar-refractivity contribution in [2.24, 2.45) is 0 Å². The number of alkyl carbamates (subject to hydrolysis) is 1. The van der Waals surface area contributed by atoms with Crippen molar-refractivity contribution in [3.8, 4) is 0 Å². The summed E-state index contributed by atoms with van der Waals surface area (Å²) in [6.45, 7) is 2.70. The standard InChI is InChI=1S/C26H31ClN6O4S/c1-37-26(36)28-9-11-33-10-8-20-22(14-33)38-25(32-20)24(35)31-19-5-3-2-4-18(19)30-23(34)21-13-15-12-16(27)6-7-17(15)29-21/h6-7,12-13,18-19,29H,2-5,8-11,14H2,1H3,(H,28,36)(H,30,34)(H,31,35)/t18-,19+/m1/s1. The van der Waals surface area contributed by atoms with Crippen molar-refractivity contribution >= 4 is 51.7 Å². The Balaban J connectivity index is 1.19. The van der Waals surface area contributed by atoms with E-state index < -0.39 is 6.09 Å². The summed E-state index contributed by atoms with van der Waals surface area (Å²) in [5.74, 6) is -0.398. The molecule has 12 heteroatoms. The number of rotatable bonds is 7. The first-order valence-electron chi connectivity index (χ1n) is 12.8. The molecule has 1 aliphatic carbocycles. The number of H-pyrrole nitrogens is 1. The minimum Gasteiger partial charge on any atom is -0.453 e. The van der Waals surface area contributed by atoms with Crippen LogP contribution in [-0.2, 0) is 17.7 Å². The molecule has 38 heavy (non-hydrogen) atoms. The number of fused-ring (bicyclic) bond motifs is 2. The Morgan fingerprint density at radius 3 is 2.68 bits per heavy atom. The minimum absolute atomic E-state index is 0.164. The van der Waals surface area contributed by atoms with Gasteiger partial charge in [0.15, 0.2) is 5.01 Å². The van der Waals surface area contributed by atoms with Crippen molar-refractivity contribution in [2.45, 2.75) is 50.7 Å². The first-order valence-corrected chi connectivity index (χ1v) is 14.0. The first-order chi connectivity index (χ1) is 18.4. The van der Waals surface area contributed by atoms with Crippen molar-refractivity contribution in [3.05, 3.63) is 50.6 Å². The molecule has 202 valence electrons. The molecule has 1 saturated carbocycles. The van der Waals surface area contributed by atoms with Crippen LogP contribution in [0.25, 0.3) is 10.9 Å². The van der Waals surface area contributed by atoms with E-state index >= 15 is 0 Å². The minimum atomic E-state index is -0.442. The summed E-state index contributed by atoms with van der Waals surface area (Å²) >= 11 is 7.49. The SMILES string of the molecule is COC(=O)NCCN1CCc2nc(C(=O)N[C@H]3CCCC[C@H]3NC(=O)c3cc4cc(Cl)ccc4[nH]3)sc2C1. The maximum absolute atomic E-state index is 13.2. The fraction of sp³-hybridized carbons (Fsp3) is 0.462. The van der Waals surface area contributed by atoms with Gasteiger partial charge < -0.3 is 25.7 Å². The van der Waals surface area contributed by atoms with Gasteiger partial charge in [-0.2, -0.15) is 0 Å². The van der Waals surface area contributed by atoms with Crippen LogP contribution in [0.1, 0.15) is 56.5 Å². The smallest absolute Gasteiger partial charge is 0.406 e. The van der Waals surface area contributed by atoms with Crippen molar-refractivity contribution in [1.82, 2.24) is 30.8 Å². The van der Waals surface area contributed by atoms with E-state index in [1.54, 1.807) is 12.1 Å². The first kappa shape index (κ1) is 26.5. The van der Waals surface area contributed by atoms with Crippen LogP contribution in [0.3, 0.4) is 0 Å². The molecule has 0 spiro atoms. The van der Waals surface area contributed by atoms with E-state index in [4.69, 9.17) is 11.6 Å². The zero-order valence-electron chi connectivity index (χ0n) is 21.1. The van der Waals surface area contributed by atoms with Crippen LogP contribution in [0, 0.1) is 0 Å². The largest absolute Gasteiger partial charge is 0.453 e. The average Bonchev–Trinajstić information content (AvgIpc) is 3.53. The van der Waals surface area contributed by atoms with Crippen molar-refractivity contribution in [1.29, 1.82) is 0 Å². The van der Waals surface area contributed by atoms with Gasteiger partial charge in [-0.25, -0.2) is 9.78 Å². The molecule has 3 aromatic rings. The van der Waals surface area contributed by atoms with Gasteiger partial charge in [-0.05, 0) is 37.1 Å². The normalized spacial score (nSPS) is 19.5. The number of nitrogens with one attached hydrogen (secondary N) is 4. The lowest BCUT2D eigenvalue weighted by Gasteiger charge is -2.32. The molecule has 0 unspecified atom stereocenters. The third-order valence-corrected chi connectivity index (χ3v) is 8.43. The Hall–Kier alpha value is -3.15. The molecule has 4 N–H and O–H groups in total. The predicted octanol–water partition coefficient (Wildman–Crippen LogP) is 3.46. The highest BCUT2D eigenvalue weighted by Crippen LogP contribution is 2.26. The highest BCUT2D eigenvalue weighted by atomic mass is 35.5. The van der Waals surface area contributed by atoms with Crippen LogP contribution < -0.4 is 16.0 Å². The van der Waals surface area contributed by atoms with Gasteiger partial charge in [0.25, 0.3) is 11.8 Å². The van der Waals surface area contributed by atoms with Crippen molar-refractivity contribution in [3.63, 3.8) is 0 Å². The lowest BCUT2D eigenvalue weighted by Crippen LogP contribution is -2.53. The molecule has 1 aromatic carbocycles. The van der Waals surface area contributed by atoms with Gasteiger partial charge in [-0.3, -0.25) is 14.5 Å². The second kappa shape index (κ2) is 11.7. The summed E-state index contributed by atoms with van der Waals surface area (Å²) in [6, 6.07) is 6.92. The zero-order chi connectivity index (χ0) is 26.6. The van der Waals surface area contributed by atoms with Crippen LogP contribution in [0.2, 0.25) is 5.02 Å². The van der Waals surface area contributed by atoms with E-state index in [1.165, 1.54) is 18.4 Å².